The van der Waals surface area contributed by atoms with Gasteiger partial charge in [-0.05, 0) is 0 Å². The molecule has 0 aromatic carbocycles. The monoisotopic (exact) mass is 134 g/mol. The zero-order valence-corrected chi connectivity index (χ0v) is 4.83. The van der Waals surface area contributed by atoms with Crippen molar-refractivity contribution in [2.75, 3.05) is 0 Å². The zero-order chi connectivity index (χ0) is 6.81. The van der Waals surface area contributed by atoms with Crippen molar-refractivity contribution in [1.29, 1.82) is 0 Å². The Bertz CT molecular complexity index is 253. The van der Waals surface area contributed by atoms with Crippen molar-refractivity contribution in [2.45, 2.75) is 0 Å². The smallest absolute Gasteiger partial charge is 0.294 e. The largest absolute Gasteiger partial charge is 0.340 e. The molecule has 0 aliphatic rings. The van der Waals surface area contributed by atoms with Crippen molar-refractivity contribution in [3.05, 3.63) is 18.7 Å². The van der Waals surface area contributed by atoms with Crippen LogP contribution in [0.1, 0.15) is 0 Å². The van der Waals surface area contributed by atoms with E-state index in [9.17, 15) is 0 Å². The van der Waals surface area contributed by atoms with Gasteiger partial charge in [-0.25, -0.2) is 4.98 Å². The summed E-state index contributed by atoms with van der Waals surface area (Å²) in [6.45, 7) is 0. The second-order valence-corrected chi connectivity index (χ2v) is 1.58. The lowest BCUT2D eigenvalue weighted by Gasteiger charge is -1.80. The van der Waals surface area contributed by atoms with Crippen molar-refractivity contribution in [3.63, 3.8) is 0 Å². The van der Waals surface area contributed by atoms with Crippen LogP contribution >= 0.6 is 0 Å². The van der Waals surface area contributed by atoms with E-state index in [4.69, 9.17) is 0 Å². The minimum absolute atomic E-state index is 0.321. The molecule has 0 bridgehead atoms. The number of aromatic amines is 1. The second-order valence-electron chi connectivity index (χ2n) is 1.58. The summed E-state index contributed by atoms with van der Waals surface area (Å²) in [6, 6.07) is 0. The first kappa shape index (κ1) is 5.16. The minimum atomic E-state index is 0.321. The van der Waals surface area contributed by atoms with E-state index >= 15 is 0 Å². The van der Waals surface area contributed by atoms with E-state index in [0.29, 0.717) is 11.7 Å². The Labute approximate surface area is 56.1 Å². The van der Waals surface area contributed by atoms with Gasteiger partial charge in [-0.15, -0.1) is 0 Å². The van der Waals surface area contributed by atoms with Gasteiger partial charge in [0.15, 0.2) is 5.82 Å². The lowest BCUT2D eigenvalue weighted by molar-refractivity contribution is 0.426. The number of aromatic nitrogens is 4. The van der Waals surface area contributed by atoms with E-state index < -0.39 is 0 Å². The molecule has 0 aliphatic heterocycles. The summed E-state index contributed by atoms with van der Waals surface area (Å²) in [5, 5.41) is 3.29. The fourth-order valence-electron chi connectivity index (χ4n) is 0.585. The van der Waals surface area contributed by atoms with Crippen LogP contribution in [0.3, 0.4) is 0 Å². The van der Waals surface area contributed by atoms with E-state index in [1.807, 2.05) is 0 Å². The summed E-state index contributed by atoms with van der Waals surface area (Å²) in [4.78, 5) is 10.2. The number of rotatable bonds is 1. The quantitative estimate of drug-likeness (QED) is 0.598. The molecule has 2 aromatic heterocycles. The van der Waals surface area contributed by atoms with Gasteiger partial charge in [-0.2, -0.15) is 4.98 Å². The highest BCUT2D eigenvalue weighted by atomic mass is 16.5. The third-order valence-electron chi connectivity index (χ3n) is 0.977. The Kier molecular flexibility index (Phi) is 1.00. The number of H-pyrrole nitrogens is 1. The number of hydrogen-bond acceptors (Lipinski definition) is 4. The number of nitrogens with zero attached hydrogens (tertiary/aromatic N) is 3. The predicted molar refractivity (Wildman–Crippen MR) is 29.6 cm³/mol. The molecule has 0 atom stereocenters. The van der Waals surface area contributed by atoms with Gasteiger partial charge in [0.2, 0.25) is 6.33 Å². The fraction of sp³-hybridized carbons (Fsp3) is 0. The van der Waals surface area contributed by atoms with Gasteiger partial charge >= 0.3 is 0 Å². The lowest BCUT2D eigenvalue weighted by Crippen LogP contribution is -1.77. The second kappa shape index (κ2) is 1.94. The first-order chi connectivity index (χ1) is 4.97. The van der Waals surface area contributed by atoms with Gasteiger partial charge in [0.25, 0.3) is 5.89 Å². The highest BCUT2D eigenvalue weighted by Crippen LogP contribution is 2.06. The highest BCUT2D eigenvalue weighted by Gasteiger charge is 2.04. The van der Waals surface area contributed by atoms with Crippen LogP contribution in [-0.2, 0) is 0 Å². The molecule has 0 spiro atoms. The first-order valence-electron chi connectivity index (χ1n) is 2.58. The molecule has 2 heterocycles. The molecule has 0 saturated carbocycles. The molecule has 0 amide bonds. The zero-order valence-electron chi connectivity index (χ0n) is 4.83. The summed E-state index contributed by atoms with van der Waals surface area (Å²) in [5.74, 6) is 0.829. The van der Waals surface area contributed by atoms with E-state index in [1.165, 1.54) is 0 Å². The minimum Gasteiger partial charge on any atom is -0.340 e. The van der Waals surface area contributed by atoms with E-state index in [0.717, 1.165) is 0 Å². The maximum atomic E-state index is 4.65. The molecule has 5 nitrogen and oxygen atoms in total. The van der Waals surface area contributed by atoms with Gasteiger partial charge < -0.3 is 9.51 Å². The Morgan fingerprint density at radius 1 is 1.50 bits per heavy atom. The normalized spacial score (nSPS) is 10.0. The van der Waals surface area contributed by atoms with Gasteiger partial charge in [-0.1, -0.05) is 5.16 Å². The van der Waals surface area contributed by atoms with Crippen molar-refractivity contribution in [1.82, 2.24) is 20.1 Å². The number of nitrogens with one attached hydrogen (secondary N) is 1. The average molecular weight is 134 g/mol. The highest BCUT2D eigenvalue weighted by molar-refractivity contribution is 5.37. The fourth-order valence-corrected chi connectivity index (χ4v) is 0.585. The maximum Gasteiger partial charge on any atom is 0.294 e. The topological polar surface area (TPSA) is 67.6 Å². The molecule has 0 aliphatic carbocycles. The van der Waals surface area contributed by atoms with E-state index in [-0.39, 0.29) is 0 Å². The molecule has 2 radical (unpaired) electrons. The summed E-state index contributed by atoms with van der Waals surface area (Å²) in [5.41, 5.74) is 0. The van der Waals surface area contributed by atoms with Crippen LogP contribution in [0.4, 0.5) is 0 Å². The standard InChI is InChI=1S/C5H2N4O/c1-2-7-4(6-1)5-8-3-9-10-5/h1H,(H,6,7). The molecule has 48 valence electrons. The van der Waals surface area contributed by atoms with Crippen molar-refractivity contribution in [3.8, 4) is 11.7 Å². The molecule has 0 unspecified atom stereocenters. The number of imidazole rings is 1. The van der Waals surface area contributed by atoms with Crippen LogP contribution in [0.5, 0.6) is 0 Å². The molecular formula is C5H2N4O. The summed E-state index contributed by atoms with van der Waals surface area (Å²) >= 11 is 0. The summed E-state index contributed by atoms with van der Waals surface area (Å²) in [7, 11) is 0. The third kappa shape index (κ3) is 0.680. The molecule has 5 heteroatoms. The summed E-state index contributed by atoms with van der Waals surface area (Å²) < 4.78 is 4.65. The summed E-state index contributed by atoms with van der Waals surface area (Å²) in [6.07, 6.45) is 6.40. The molecule has 0 fully saturated rings. The van der Waals surface area contributed by atoms with Gasteiger partial charge in [0.1, 0.15) is 6.20 Å². The Balaban J connectivity index is 2.48. The SMILES string of the molecule is [c]1c[nH]c(-c2n[c]no2)n1. The van der Waals surface area contributed by atoms with Crippen LogP contribution in [0.2, 0.25) is 0 Å². The Morgan fingerprint density at radius 2 is 2.50 bits per heavy atom. The third-order valence-corrected chi connectivity index (χ3v) is 0.977. The Hall–Kier alpha value is -1.65. The van der Waals surface area contributed by atoms with E-state index in [2.05, 4.69) is 37.2 Å². The predicted octanol–water partition coefficient (Wildman–Crippen LogP) is 0.0601. The van der Waals surface area contributed by atoms with Crippen molar-refractivity contribution in [2.24, 2.45) is 0 Å². The van der Waals surface area contributed by atoms with Gasteiger partial charge in [-0.3, -0.25) is 0 Å². The molecule has 0 saturated heterocycles. The van der Waals surface area contributed by atoms with E-state index in [1.54, 1.807) is 6.20 Å². The van der Waals surface area contributed by atoms with Gasteiger partial charge in [0.05, 0.1) is 0 Å². The first-order valence-corrected chi connectivity index (χ1v) is 2.58. The van der Waals surface area contributed by atoms with Crippen molar-refractivity contribution >= 4 is 0 Å². The van der Waals surface area contributed by atoms with Gasteiger partial charge in [0, 0.05) is 6.20 Å². The molecule has 2 aromatic rings. The van der Waals surface area contributed by atoms with Crippen LogP contribution in [0.25, 0.3) is 11.7 Å². The Morgan fingerprint density at radius 3 is 3.10 bits per heavy atom. The van der Waals surface area contributed by atoms with Crippen LogP contribution < -0.4 is 0 Å². The number of hydrogen-bond donors (Lipinski definition) is 1. The average Bonchev–Trinajstić information content (AvgIpc) is 2.59. The molecule has 1 N–H and O–H groups in total. The molecular weight excluding hydrogens is 132 g/mol. The molecule has 10 heavy (non-hydrogen) atoms. The maximum absolute atomic E-state index is 4.65. The molecule has 2 rings (SSSR count). The lowest BCUT2D eigenvalue weighted by atomic mass is 10.6. The van der Waals surface area contributed by atoms with Crippen molar-refractivity contribution < 1.29 is 4.52 Å². The van der Waals surface area contributed by atoms with Crippen LogP contribution in [0.15, 0.2) is 10.7 Å². The van der Waals surface area contributed by atoms with Crippen LogP contribution in [0, 0.1) is 12.5 Å². The van der Waals surface area contributed by atoms with Crippen LogP contribution in [-0.4, -0.2) is 20.1 Å².